The summed E-state index contributed by atoms with van der Waals surface area (Å²) in [6, 6.07) is 9.74. The second-order valence-electron chi connectivity index (χ2n) is 7.46. The number of aryl methyl sites for hydroxylation is 1. The zero-order valence-corrected chi connectivity index (χ0v) is 17.0. The third kappa shape index (κ3) is 4.98. The lowest BCUT2D eigenvalue weighted by molar-refractivity contribution is -0.119. The summed E-state index contributed by atoms with van der Waals surface area (Å²) in [6.45, 7) is 6.29. The van der Waals surface area contributed by atoms with E-state index in [1.54, 1.807) is 0 Å². The van der Waals surface area contributed by atoms with Crippen LogP contribution in [-0.2, 0) is 22.4 Å². The van der Waals surface area contributed by atoms with Crippen LogP contribution < -0.4 is 5.32 Å². The highest BCUT2D eigenvalue weighted by molar-refractivity contribution is 7.14. The number of ether oxygens (including phenoxy) is 1. The maximum atomic E-state index is 12.3. The Bertz CT molecular complexity index is 809. The number of amides is 1. The minimum Gasteiger partial charge on any atom is -0.451 e. The van der Waals surface area contributed by atoms with E-state index in [2.05, 4.69) is 26.1 Å². The van der Waals surface area contributed by atoms with Crippen molar-refractivity contribution < 1.29 is 14.3 Å². The Morgan fingerprint density at radius 2 is 2.04 bits per heavy atom. The molecule has 3 rings (SSSR count). The van der Waals surface area contributed by atoms with E-state index in [4.69, 9.17) is 4.74 Å². The van der Waals surface area contributed by atoms with Crippen LogP contribution in [0.1, 0.15) is 65.2 Å². The van der Waals surface area contributed by atoms with Crippen LogP contribution in [0.2, 0.25) is 0 Å². The molecule has 2 atom stereocenters. The quantitative estimate of drug-likeness (QED) is 0.697. The first-order valence-corrected chi connectivity index (χ1v) is 10.5. The molecule has 1 N–H and O–H groups in total. The van der Waals surface area contributed by atoms with E-state index in [0.717, 1.165) is 19.3 Å². The summed E-state index contributed by atoms with van der Waals surface area (Å²) in [5.74, 6) is 0.419. The van der Waals surface area contributed by atoms with Crippen LogP contribution in [0.4, 0.5) is 5.69 Å². The van der Waals surface area contributed by atoms with Crippen molar-refractivity contribution in [1.29, 1.82) is 0 Å². The third-order valence-electron chi connectivity index (χ3n) is 5.24. The fourth-order valence-electron chi connectivity index (χ4n) is 3.34. The third-order valence-corrected chi connectivity index (χ3v) is 6.46. The molecule has 1 aliphatic carbocycles. The molecule has 0 spiro atoms. The van der Waals surface area contributed by atoms with Gasteiger partial charge in [0, 0.05) is 10.6 Å². The van der Waals surface area contributed by atoms with Crippen LogP contribution in [-0.4, -0.2) is 18.5 Å². The Morgan fingerprint density at radius 3 is 2.74 bits per heavy atom. The molecule has 0 radical (unpaired) electrons. The Labute approximate surface area is 164 Å². The van der Waals surface area contributed by atoms with Crippen LogP contribution in [0.3, 0.4) is 0 Å². The first-order chi connectivity index (χ1) is 13.0. The molecule has 144 valence electrons. The molecular formula is C22H27NO3S. The first-order valence-electron chi connectivity index (χ1n) is 9.64. The minimum absolute atomic E-state index is 0.273. The van der Waals surface area contributed by atoms with Crippen LogP contribution in [0.25, 0.3) is 0 Å². The fourth-order valence-corrected chi connectivity index (χ4v) is 4.44. The maximum Gasteiger partial charge on any atom is 0.348 e. The van der Waals surface area contributed by atoms with Crippen molar-refractivity contribution in [3.63, 3.8) is 0 Å². The molecule has 0 saturated carbocycles. The van der Waals surface area contributed by atoms with Gasteiger partial charge in [-0.25, -0.2) is 4.79 Å². The zero-order chi connectivity index (χ0) is 19.4. The van der Waals surface area contributed by atoms with Gasteiger partial charge in [0.2, 0.25) is 0 Å². The summed E-state index contributed by atoms with van der Waals surface area (Å²) < 4.78 is 5.21. The molecule has 1 heterocycles. The molecule has 0 bridgehead atoms. The van der Waals surface area contributed by atoms with E-state index in [1.807, 2.05) is 30.3 Å². The molecule has 0 fully saturated rings. The number of rotatable bonds is 6. The largest absolute Gasteiger partial charge is 0.451 e. The summed E-state index contributed by atoms with van der Waals surface area (Å²) in [6.07, 6.45) is 4.29. The highest BCUT2D eigenvalue weighted by Crippen LogP contribution is 2.32. The number of benzene rings is 1. The lowest BCUT2D eigenvalue weighted by Crippen LogP contribution is -2.20. The number of thiophene rings is 1. The predicted octanol–water partition coefficient (Wildman–Crippen LogP) is 5.18. The van der Waals surface area contributed by atoms with Gasteiger partial charge in [0.05, 0.1) is 0 Å². The van der Waals surface area contributed by atoms with Crippen LogP contribution >= 0.6 is 11.3 Å². The second kappa shape index (κ2) is 8.70. The average Bonchev–Trinajstić information content (AvgIpc) is 3.09. The molecule has 1 aliphatic rings. The molecule has 0 saturated heterocycles. The van der Waals surface area contributed by atoms with Crippen molar-refractivity contribution in [2.75, 3.05) is 11.9 Å². The Kier molecular flexibility index (Phi) is 6.32. The van der Waals surface area contributed by atoms with Crippen LogP contribution in [0.5, 0.6) is 0 Å². The van der Waals surface area contributed by atoms with E-state index in [9.17, 15) is 9.59 Å². The zero-order valence-electron chi connectivity index (χ0n) is 16.2. The Morgan fingerprint density at radius 1 is 1.30 bits per heavy atom. The van der Waals surface area contributed by atoms with Gasteiger partial charge >= 0.3 is 5.97 Å². The molecule has 0 unspecified atom stereocenters. The van der Waals surface area contributed by atoms with Crippen LogP contribution in [0.15, 0.2) is 30.3 Å². The SMILES string of the molecule is CC[C@@H](C)c1ccc(NC(=O)COC(=O)c2cc3c(s2)CC[C@@H](C)C3)cc1. The predicted molar refractivity (Wildman–Crippen MR) is 110 cm³/mol. The van der Waals surface area contributed by atoms with E-state index in [1.165, 1.54) is 33.8 Å². The van der Waals surface area contributed by atoms with E-state index in [0.29, 0.717) is 22.4 Å². The van der Waals surface area contributed by atoms with Crippen molar-refractivity contribution in [3.8, 4) is 0 Å². The maximum absolute atomic E-state index is 12.3. The molecule has 5 heteroatoms. The van der Waals surface area contributed by atoms with Gasteiger partial charge in [0.1, 0.15) is 4.88 Å². The molecule has 2 aromatic rings. The monoisotopic (exact) mass is 385 g/mol. The van der Waals surface area contributed by atoms with Crippen molar-refractivity contribution >= 4 is 28.9 Å². The second-order valence-corrected chi connectivity index (χ2v) is 8.60. The van der Waals surface area contributed by atoms with E-state index < -0.39 is 5.97 Å². The highest BCUT2D eigenvalue weighted by atomic mass is 32.1. The van der Waals surface area contributed by atoms with Gasteiger partial charge in [-0.3, -0.25) is 4.79 Å². The van der Waals surface area contributed by atoms with Gasteiger partial charge < -0.3 is 10.1 Å². The van der Waals surface area contributed by atoms with Crippen molar-refractivity contribution in [2.45, 2.75) is 52.4 Å². The van der Waals surface area contributed by atoms with E-state index in [-0.39, 0.29) is 12.5 Å². The number of fused-ring (bicyclic) bond motifs is 1. The summed E-state index contributed by atoms with van der Waals surface area (Å²) in [4.78, 5) is 26.2. The molecular weight excluding hydrogens is 358 g/mol. The van der Waals surface area contributed by atoms with Gasteiger partial charge in [-0.1, -0.05) is 32.9 Å². The highest BCUT2D eigenvalue weighted by Gasteiger charge is 2.21. The number of carbonyl (C=O) groups excluding carboxylic acids is 2. The summed E-state index contributed by atoms with van der Waals surface area (Å²) in [7, 11) is 0. The number of esters is 1. The smallest absolute Gasteiger partial charge is 0.348 e. The van der Waals surface area contributed by atoms with Crippen LogP contribution in [0, 0.1) is 5.92 Å². The van der Waals surface area contributed by atoms with Gasteiger partial charge in [0.15, 0.2) is 6.61 Å². The van der Waals surface area contributed by atoms with Crippen molar-refractivity contribution in [1.82, 2.24) is 0 Å². The number of carbonyl (C=O) groups is 2. The number of nitrogens with one attached hydrogen (secondary N) is 1. The fraction of sp³-hybridized carbons (Fsp3) is 0.455. The van der Waals surface area contributed by atoms with Crippen molar-refractivity contribution in [2.24, 2.45) is 5.92 Å². The standard InChI is InChI=1S/C22H27NO3S/c1-4-15(3)16-6-8-18(9-7-16)23-21(24)13-26-22(25)20-12-17-11-14(2)5-10-19(17)27-20/h6-9,12,14-15H,4-5,10-11,13H2,1-3H3,(H,23,24)/t14-,15-/m1/s1. The molecule has 1 aromatic carbocycles. The summed E-state index contributed by atoms with van der Waals surface area (Å²) in [5, 5.41) is 2.77. The summed E-state index contributed by atoms with van der Waals surface area (Å²) >= 11 is 1.50. The minimum atomic E-state index is -0.413. The topological polar surface area (TPSA) is 55.4 Å². The Balaban J connectivity index is 1.51. The number of hydrogen-bond donors (Lipinski definition) is 1. The molecule has 1 aromatic heterocycles. The first kappa shape index (κ1) is 19.6. The number of hydrogen-bond acceptors (Lipinski definition) is 4. The van der Waals surface area contributed by atoms with Gasteiger partial charge in [-0.2, -0.15) is 0 Å². The normalized spacial score (nSPS) is 17.1. The number of anilines is 1. The van der Waals surface area contributed by atoms with Crippen molar-refractivity contribution in [3.05, 3.63) is 51.2 Å². The van der Waals surface area contributed by atoms with Gasteiger partial charge in [-0.05, 0) is 66.8 Å². The lowest BCUT2D eigenvalue weighted by atomic mass is 9.90. The molecule has 1 amide bonds. The molecule has 27 heavy (non-hydrogen) atoms. The van der Waals surface area contributed by atoms with Gasteiger partial charge in [0.25, 0.3) is 5.91 Å². The molecule has 0 aliphatic heterocycles. The van der Waals surface area contributed by atoms with E-state index >= 15 is 0 Å². The van der Waals surface area contributed by atoms with Gasteiger partial charge in [-0.15, -0.1) is 11.3 Å². The lowest BCUT2D eigenvalue weighted by Gasteiger charge is -2.16. The average molecular weight is 386 g/mol. The Hall–Kier alpha value is -2.14. The summed E-state index contributed by atoms with van der Waals surface area (Å²) in [5.41, 5.74) is 3.22. The molecule has 4 nitrogen and oxygen atoms in total.